The van der Waals surface area contributed by atoms with E-state index in [9.17, 15) is 9.59 Å². The minimum atomic E-state index is -0.898. The van der Waals surface area contributed by atoms with E-state index in [0.29, 0.717) is 13.0 Å². The fraction of sp³-hybridized carbons (Fsp3) is 0.652. The topological polar surface area (TPSA) is 80.3 Å². The average molecular weight is 421 g/mol. The summed E-state index contributed by atoms with van der Waals surface area (Å²) >= 11 is 0. The van der Waals surface area contributed by atoms with Crippen molar-refractivity contribution in [1.82, 2.24) is 0 Å². The van der Waals surface area contributed by atoms with Crippen LogP contribution in [0, 0.1) is 11.3 Å². The van der Waals surface area contributed by atoms with Crippen LogP contribution in [-0.4, -0.2) is 49.6 Å². The quantitative estimate of drug-likeness (QED) is 0.495. The van der Waals surface area contributed by atoms with Gasteiger partial charge in [0.15, 0.2) is 11.9 Å². The van der Waals surface area contributed by atoms with Crippen LogP contribution in [0.25, 0.3) is 0 Å². The molecule has 0 unspecified atom stereocenters. The largest absolute Gasteiger partial charge is 0.497 e. The molecule has 0 spiro atoms. The predicted octanol–water partition coefficient (Wildman–Crippen LogP) is 3.28. The fourth-order valence-corrected chi connectivity index (χ4v) is 4.04. The van der Waals surface area contributed by atoms with E-state index in [2.05, 4.69) is 0 Å². The van der Waals surface area contributed by atoms with E-state index in [-0.39, 0.29) is 18.0 Å². The van der Waals surface area contributed by atoms with Gasteiger partial charge >= 0.3 is 5.97 Å². The zero-order valence-electron chi connectivity index (χ0n) is 18.5. The van der Waals surface area contributed by atoms with Crippen molar-refractivity contribution in [3.63, 3.8) is 0 Å². The van der Waals surface area contributed by atoms with Crippen LogP contribution in [0.2, 0.25) is 0 Å². The minimum Gasteiger partial charge on any atom is -0.497 e. The number of benzene rings is 1. The molecule has 2 aliphatic heterocycles. The van der Waals surface area contributed by atoms with Gasteiger partial charge in [0.05, 0.1) is 25.2 Å². The van der Waals surface area contributed by atoms with Crippen LogP contribution in [0.3, 0.4) is 0 Å². The van der Waals surface area contributed by atoms with Crippen molar-refractivity contribution in [3.05, 3.63) is 29.8 Å². The van der Waals surface area contributed by atoms with Gasteiger partial charge in [-0.2, -0.15) is 0 Å². The van der Waals surface area contributed by atoms with Crippen molar-refractivity contribution < 1.29 is 33.3 Å². The smallest absolute Gasteiger partial charge is 0.314 e. The number of carbonyl (C=O) groups is 2. The third-order valence-electron chi connectivity index (χ3n) is 5.87. The zero-order valence-corrected chi connectivity index (χ0v) is 18.5. The van der Waals surface area contributed by atoms with E-state index in [1.165, 1.54) is 0 Å². The lowest BCUT2D eigenvalue weighted by molar-refractivity contribution is -0.321. The minimum absolute atomic E-state index is 0.292. The van der Waals surface area contributed by atoms with Gasteiger partial charge < -0.3 is 28.5 Å². The summed E-state index contributed by atoms with van der Waals surface area (Å²) in [5.74, 6) is -0.742. The molecule has 2 heterocycles. The van der Waals surface area contributed by atoms with E-state index in [0.717, 1.165) is 17.6 Å². The molecule has 166 valence electrons. The van der Waals surface area contributed by atoms with Crippen LogP contribution in [0.15, 0.2) is 24.3 Å². The SMILES string of the molecule is COc1ccc(CO[C@H]2[C@@H]([C@@H]3C[C@@H]([C@H](C)C=O)OC(C)(C)O3)OC(=O)C2(C)C)cc1. The maximum absolute atomic E-state index is 12.6. The van der Waals surface area contributed by atoms with Crippen molar-refractivity contribution in [3.8, 4) is 5.75 Å². The maximum Gasteiger partial charge on any atom is 0.314 e. The Kier molecular flexibility index (Phi) is 6.55. The van der Waals surface area contributed by atoms with Gasteiger partial charge in [-0.15, -0.1) is 0 Å². The van der Waals surface area contributed by atoms with Crippen molar-refractivity contribution in [2.24, 2.45) is 11.3 Å². The summed E-state index contributed by atoms with van der Waals surface area (Å²) < 4.78 is 29.2. The van der Waals surface area contributed by atoms with Crippen LogP contribution < -0.4 is 4.74 Å². The molecule has 0 bridgehead atoms. The van der Waals surface area contributed by atoms with Crippen LogP contribution in [0.4, 0.5) is 0 Å². The number of cyclic esters (lactones) is 1. The second-order valence-electron chi connectivity index (χ2n) is 9.11. The summed E-state index contributed by atoms with van der Waals surface area (Å²) in [5.41, 5.74) is 0.139. The molecule has 7 nitrogen and oxygen atoms in total. The molecule has 1 aromatic carbocycles. The Bertz CT molecular complexity index is 755. The lowest BCUT2D eigenvalue weighted by atomic mass is 9.83. The van der Waals surface area contributed by atoms with Gasteiger partial charge in [0.25, 0.3) is 0 Å². The van der Waals surface area contributed by atoms with E-state index in [4.69, 9.17) is 23.7 Å². The molecule has 7 heteroatoms. The van der Waals surface area contributed by atoms with E-state index >= 15 is 0 Å². The fourth-order valence-electron chi connectivity index (χ4n) is 4.04. The first-order chi connectivity index (χ1) is 14.1. The second-order valence-corrected chi connectivity index (χ2v) is 9.11. The molecule has 0 N–H and O–H groups in total. The van der Waals surface area contributed by atoms with Gasteiger partial charge in [0, 0.05) is 12.3 Å². The number of carbonyl (C=O) groups excluding carboxylic acids is 2. The molecule has 0 saturated carbocycles. The lowest BCUT2D eigenvalue weighted by Crippen LogP contribution is -2.54. The highest BCUT2D eigenvalue weighted by molar-refractivity contribution is 5.79. The normalized spacial score (nSPS) is 31.1. The summed E-state index contributed by atoms with van der Waals surface area (Å²) in [5, 5.41) is 0. The molecule has 0 aliphatic carbocycles. The lowest BCUT2D eigenvalue weighted by Gasteiger charge is -2.44. The number of aldehydes is 1. The number of methoxy groups -OCH3 is 1. The van der Waals surface area contributed by atoms with Crippen molar-refractivity contribution >= 4 is 12.3 Å². The van der Waals surface area contributed by atoms with Crippen molar-refractivity contribution in [1.29, 1.82) is 0 Å². The van der Waals surface area contributed by atoms with Gasteiger partial charge in [-0.1, -0.05) is 19.1 Å². The number of rotatable bonds is 7. The summed E-state index contributed by atoms with van der Waals surface area (Å²) in [7, 11) is 1.62. The third-order valence-corrected chi connectivity index (χ3v) is 5.87. The Balaban J connectivity index is 1.78. The average Bonchev–Trinajstić information content (AvgIpc) is 2.93. The number of ether oxygens (including phenoxy) is 5. The van der Waals surface area contributed by atoms with Crippen LogP contribution >= 0.6 is 0 Å². The number of hydrogen-bond acceptors (Lipinski definition) is 7. The molecular formula is C23H32O7. The molecule has 0 aromatic heterocycles. The molecule has 30 heavy (non-hydrogen) atoms. The summed E-state index contributed by atoms with van der Waals surface area (Å²) in [6.45, 7) is 9.40. The van der Waals surface area contributed by atoms with Gasteiger partial charge in [-0.3, -0.25) is 4.79 Å². The summed E-state index contributed by atoms with van der Waals surface area (Å²) in [4.78, 5) is 24.0. The third kappa shape index (κ3) is 4.68. The molecular weight excluding hydrogens is 388 g/mol. The Morgan fingerprint density at radius 1 is 1.17 bits per heavy atom. The van der Waals surface area contributed by atoms with Gasteiger partial charge in [-0.05, 0) is 45.4 Å². The highest BCUT2D eigenvalue weighted by Crippen LogP contribution is 2.42. The Labute approximate surface area is 178 Å². The second kappa shape index (κ2) is 8.65. The number of esters is 1. The van der Waals surface area contributed by atoms with E-state index < -0.39 is 29.5 Å². The molecule has 2 aliphatic rings. The van der Waals surface area contributed by atoms with Crippen LogP contribution in [0.1, 0.15) is 46.6 Å². The Morgan fingerprint density at radius 2 is 1.83 bits per heavy atom. The predicted molar refractivity (Wildman–Crippen MR) is 109 cm³/mol. The highest BCUT2D eigenvalue weighted by atomic mass is 16.7. The monoisotopic (exact) mass is 420 g/mol. The highest BCUT2D eigenvalue weighted by Gasteiger charge is 2.57. The first kappa shape index (κ1) is 22.7. The summed E-state index contributed by atoms with van der Waals surface area (Å²) in [6.07, 6.45) is -0.521. The molecule has 1 aromatic rings. The Morgan fingerprint density at radius 3 is 2.43 bits per heavy atom. The molecule has 2 saturated heterocycles. The molecule has 0 radical (unpaired) electrons. The first-order valence-electron chi connectivity index (χ1n) is 10.3. The zero-order chi connectivity index (χ0) is 22.1. The van der Waals surface area contributed by atoms with E-state index in [1.54, 1.807) is 21.0 Å². The van der Waals surface area contributed by atoms with Crippen LogP contribution in [0.5, 0.6) is 5.75 Å². The summed E-state index contributed by atoms with van der Waals surface area (Å²) in [6, 6.07) is 7.59. The van der Waals surface area contributed by atoms with Crippen molar-refractivity contribution in [2.75, 3.05) is 7.11 Å². The molecule has 5 atom stereocenters. The van der Waals surface area contributed by atoms with Gasteiger partial charge in [0.1, 0.15) is 24.2 Å². The number of hydrogen-bond donors (Lipinski definition) is 0. The van der Waals surface area contributed by atoms with E-state index in [1.807, 2.05) is 45.0 Å². The molecule has 0 amide bonds. The Hall–Kier alpha value is -1.96. The molecule has 3 rings (SSSR count). The van der Waals surface area contributed by atoms with Gasteiger partial charge in [-0.25, -0.2) is 0 Å². The first-order valence-corrected chi connectivity index (χ1v) is 10.3. The van der Waals surface area contributed by atoms with Crippen molar-refractivity contribution in [2.45, 2.75) is 77.8 Å². The maximum atomic E-state index is 12.6. The standard InChI is InChI=1S/C23H32O7/c1-14(12-24)17-11-18(30-23(4,5)29-17)19-20(22(2,3)21(25)28-19)27-13-15-7-9-16(26-6)10-8-15/h7-10,12,14,17-20H,11,13H2,1-6H3/t14-,17+,18+,19-,20+/m1/s1. The van der Waals surface area contributed by atoms with Gasteiger partial charge in [0.2, 0.25) is 0 Å². The molecule has 2 fully saturated rings. The van der Waals surface area contributed by atoms with Crippen LogP contribution in [-0.2, 0) is 35.1 Å².